The smallest absolute Gasteiger partial charge is 0.340 e. The van der Waals surface area contributed by atoms with E-state index in [9.17, 15) is 13.2 Å². The Morgan fingerprint density at radius 2 is 1.45 bits per heavy atom. The molecular weight excluding hydrogens is 469 g/mol. The predicted molar refractivity (Wildman–Crippen MR) is 120 cm³/mol. The largest absolute Gasteiger partial charge is 0.421 e. The summed E-state index contributed by atoms with van der Waals surface area (Å²) in [4.78, 5) is 7.95. The fourth-order valence-electron chi connectivity index (χ4n) is 3.82. The molecule has 2 N–H and O–H groups in total. The van der Waals surface area contributed by atoms with Gasteiger partial charge in [0, 0.05) is 22.0 Å². The first-order chi connectivity index (χ1) is 14.9. The van der Waals surface area contributed by atoms with Crippen LogP contribution in [0.4, 0.5) is 36.3 Å². The van der Waals surface area contributed by atoms with Gasteiger partial charge in [0.05, 0.1) is 0 Å². The number of nitrogens with zero attached hydrogens (tertiary/aromatic N) is 2. The summed E-state index contributed by atoms with van der Waals surface area (Å²) >= 11 is 3.35. The molecule has 162 valence electrons. The molecule has 1 aliphatic carbocycles. The number of anilines is 4. The average molecular weight is 491 g/mol. The maximum atomic E-state index is 13.5. The van der Waals surface area contributed by atoms with Gasteiger partial charge in [-0.15, -0.1) is 0 Å². The second-order valence-corrected chi connectivity index (χ2v) is 8.58. The number of hydrogen-bond donors (Lipinski definition) is 2. The van der Waals surface area contributed by atoms with E-state index in [2.05, 4.69) is 36.5 Å². The molecule has 1 aliphatic rings. The number of nitrogens with one attached hydrogen (secondary N) is 2. The Kier molecular flexibility index (Phi) is 6.46. The standard InChI is InChI=1S/C23H22BrF3N4/c24-17-8-12-19(13-9-17)30-22-28-14-20(23(25,26)27)21(31-22)29-18-10-6-16(7-11-18)15-4-2-1-3-5-15/h6-15H,1-5H2,(H2,28,29,30,31). The summed E-state index contributed by atoms with van der Waals surface area (Å²) in [7, 11) is 0. The van der Waals surface area contributed by atoms with Crippen molar-refractivity contribution in [2.24, 2.45) is 0 Å². The van der Waals surface area contributed by atoms with Crippen molar-refractivity contribution >= 4 is 39.1 Å². The van der Waals surface area contributed by atoms with E-state index in [1.807, 2.05) is 36.4 Å². The minimum Gasteiger partial charge on any atom is -0.340 e. The number of benzene rings is 2. The zero-order chi connectivity index (χ0) is 21.8. The van der Waals surface area contributed by atoms with Crippen molar-refractivity contribution in [1.82, 2.24) is 9.97 Å². The van der Waals surface area contributed by atoms with Crippen LogP contribution < -0.4 is 10.6 Å². The zero-order valence-corrected chi connectivity index (χ0v) is 18.3. The Balaban J connectivity index is 1.56. The second kappa shape index (κ2) is 9.26. The SMILES string of the molecule is FC(F)(F)c1cnc(Nc2ccc(Br)cc2)nc1Nc1ccc(C2CCCCC2)cc1. The lowest BCUT2D eigenvalue weighted by Gasteiger charge is -2.22. The van der Waals surface area contributed by atoms with E-state index in [0.29, 0.717) is 17.3 Å². The van der Waals surface area contributed by atoms with Crippen LogP contribution in [0.2, 0.25) is 0 Å². The molecule has 1 fully saturated rings. The average Bonchev–Trinajstić information content (AvgIpc) is 2.76. The summed E-state index contributed by atoms with van der Waals surface area (Å²) in [6.07, 6.45) is 2.31. The van der Waals surface area contributed by atoms with Crippen LogP contribution in [0, 0.1) is 0 Å². The highest BCUT2D eigenvalue weighted by Crippen LogP contribution is 2.36. The van der Waals surface area contributed by atoms with Crippen molar-refractivity contribution in [3.8, 4) is 0 Å². The first-order valence-corrected chi connectivity index (χ1v) is 11.0. The van der Waals surface area contributed by atoms with Gasteiger partial charge in [0.2, 0.25) is 5.95 Å². The molecular formula is C23H22BrF3N4. The van der Waals surface area contributed by atoms with Crippen LogP contribution in [-0.2, 0) is 6.18 Å². The third kappa shape index (κ3) is 5.55. The fourth-order valence-corrected chi connectivity index (χ4v) is 4.08. The molecule has 4 rings (SSSR count). The third-order valence-electron chi connectivity index (χ3n) is 5.44. The molecule has 1 saturated carbocycles. The van der Waals surface area contributed by atoms with Crippen LogP contribution in [-0.4, -0.2) is 9.97 Å². The van der Waals surface area contributed by atoms with Gasteiger partial charge in [-0.25, -0.2) is 4.98 Å². The highest BCUT2D eigenvalue weighted by atomic mass is 79.9. The number of rotatable bonds is 5. The van der Waals surface area contributed by atoms with Gasteiger partial charge in [-0.2, -0.15) is 18.2 Å². The maximum Gasteiger partial charge on any atom is 0.421 e. The molecule has 0 bridgehead atoms. The Morgan fingerprint density at radius 1 is 0.839 bits per heavy atom. The summed E-state index contributed by atoms with van der Waals surface area (Å²) in [6, 6.07) is 14.8. The molecule has 0 radical (unpaired) electrons. The van der Waals surface area contributed by atoms with Crippen LogP contribution >= 0.6 is 15.9 Å². The number of alkyl halides is 3. The van der Waals surface area contributed by atoms with Crippen molar-refractivity contribution < 1.29 is 13.2 Å². The quantitative estimate of drug-likeness (QED) is 0.383. The maximum absolute atomic E-state index is 13.5. The fraction of sp³-hybridized carbons (Fsp3) is 0.304. The lowest BCUT2D eigenvalue weighted by atomic mass is 9.84. The Hall–Kier alpha value is -2.61. The van der Waals surface area contributed by atoms with E-state index in [4.69, 9.17) is 0 Å². The summed E-state index contributed by atoms with van der Waals surface area (Å²) in [5.41, 5.74) is 1.55. The first kappa shape index (κ1) is 21.6. The summed E-state index contributed by atoms with van der Waals surface area (Å²) in [5, 5.41) is 5.76. The topological polar surface area (TPSA) is 49.8 Å². The molecule has 1 heterocycles. The Morgan fingerprint density at radius 3 is 2.10 bits per heavy atom. The molecule has 31 heavy (non-hydrogen) atoms. The molecule has 8 heteroatoms. The minimum absolute atomic E-state index is 0.0802. The van der Waals surface area contributed by atoms with Crippen LogP contribution in [0.1, 0.15) is 49.1 Å². The summed E-state index contributed by atoms with van der Waals surface area (Å²) < 4.78 is 41.4. The van der Waals surface area contributed by atoms with E-state index in [1.54, 1.807) is 12.1 Å². The van der Waals surface area contributed by atoms with Crippen LogP contribution in [0.5, 0.6) is 0 Å². The predicted octanol–water partition coefficient (Wildman–Crippen LogP) is 7.79. The van der Waals surface area contributed by atoms with Crippen LogP contribution in [0.3, 0.4) is 0 Å². The van der Waals surface area contributed by atoms with Gasteiger partial charge in [0.15, 0.2) is 0 Å². The third-order valence-corrected chi connectivity index (χ3v) is 5.97. The monoisotopic (exact) mass is 490 g/mol. The van der Waals surface area contributed by atoms with E-state index in [1.165, 1.54) is 37.7 Å². The van der Waals surface area contributed by atoms with Crippen molar-refractivity contribution in [2.45, 2.75) is 44.2 Å². The van der Waals surface area contributed by atoms with Crippen molar-refractivity contribution in [1.29, 1.82) is 0 Å². The molecule has 0 amide bonds. The molecule has 0 saturated heterocycles. The van der Waals surface area contributed by atoms with Gasteiger partial charge in [-0.3, -0.25) is 0 Å². The lowest BCUT2D eigenvalue weighted by molar-refractivity contribution is -0.137. The summed E-state index contributed by atoms with van der Waals surface area (Å²) in [6.45, 7) is 0. The Bertz CT molecular complexity index is 1010. The van der Waals surface area contributed by atoms with Gasteiger partial charge in [-0.05, 0) is 60.7 Å². The van der Waals surface area contributed by atoms with Crippen molar-refractivity contribution in [3.63, 3.8) is 0 Å². The molecule has 0 spiro atoms. The number of hydrogen-bond acceptors (Lipinski definition) is 4. The lowest BCUT2D eigenvalue weighted by Crippen LogP contribution is -2.12. The van der Waals surface area contributed by atoms with Crippen molar-refractivity contribution in [2.75, 3.05) is 10.6 Å². The van der Waals surface area contributed by atoms with E-state index < -0.39 is 11.7 Å². The first-order valence-electron chi connectivity index (χ1n) is 10.2. The van der Waals surface area contributed by atoms with E-state index >= 15 is 0 Å². The summed E-state index contributed by atoms with van der Waals surface area (Å²) in [5.74, 6) is 0.332. The molecule has 0 atom stereocenters. The van der Waals surface area contributed by atoms with Gasteiger partial charge in [0.25, 0.3) is 0 Å². The highest BCUT2D eigenvalue weighted by molar-refractivity contribution is 9.10. The van der Waals surface area contributed by atoms with E-state index in [0.717, 1.165) is 10.7 Å². The van der Waals surface area contributed by atoms with Gasteiger partial charge < -0.3 is 10.6 Å². The molecule has 0 unspecified atom stereocenters. The van der Waals surface area contributed by atoms with Crippen LogP contribution in [0.25, 0.3) is 0 Å². The van der Waals surface area contributed by atoms with E-state index in [-0.39, 0.29) is 11.8 Å². The molecule has 0 aliphatic heterocycles. The molecule has 3 aromatic rings. The zero-order valence-electron chi connectivity index (χ0n) is 16.7. The van der Waals surface area contributed by atoms with Gasteiger partial charge >= 0.3 is 6.18 Å². The minimum atomic E-state index is -4.57. The van der Waals surface area contributed by atoms with Gasteiger partial charge in [0.1, 0.15) is 11.4 Å². The number of aromatic nitrogens is 2. The van der Waals surface area contributed by atoms with Crippen LogP contribution in [0.15, 0.2) is 59.2 Å². The number of halogens is 4. The normalized spacial score (nSPS) is 15.0. The molecule has 2 aromatic carbocycles. The molecule has 4 nitrogen and oxygen atoms in total. The Labute approximate surface area is 187 Å². The van der Waals surface area contributed by atoms with Crippen molar-refractivity contribution in [3.05, 3.63) is 70.3 Å². The second-order valence-electron chi connectivity index (χ2n) is 7.67. The highest BCUT2D eigenvalue weighted by Gasteiger charge is 2.35. The van der Waals surface area contributed by atoms with Gasteiger partial charge in [-0.1, -0.05) is 47.3 Å². The molecule has 1 aromatic heterocycles.